The van der Waals surface area contributed by atoms with Crippen LogP contribution in [0, 0.1) is 0 Å². The number of aromatic nitrogens is 1. The molecule has 0 aliphatic heterocycles. The fraction of sp³-hybridized carbons (Fsp3) is 0. The number of rotatable bonds is 3. The number of para-hydroxylation sites is 1. The SMILES string of the molecule is Oc1ccc(Cl)cc1C=Nc1ccc(-c2nc3ccccc3s2)c(O)c1. The first-order valence-electron chi connectivity index (χ1n) is 7.82. The van der Waals surface area contributed by atoms with Gasteiger partial charge in [-0.1, -0.05) is 23.7 Å². The van der Waals surface area contributed by atoms with Crippen LogP contribution in [0.4, 0.5) is 5.69 Å². The van der Waals surface area contributed by atoms with Crippen LogP contribution in [0.5, 0.6) is 11.5 Å². The van der Waals surface area contributed by atoms with Gasteiger partial charge in [0.1, 0.15) is 16.5 Å². The molecular weight excluding hydrogens is 368 g/mol. The molecule has 0 fully saturated rings. The first-order chi connectivity index (χ1) is 12.6. The van der Waals surface area contributed by atoms with E-state index in [1.165, 1.54) is 23.6 Å². The van der Waals surface area contributed by atoms with Gasteiger partial charge in [0.25, 0.3) is 0 Å². The molecule has 4 aromatic rings. The van der Waals surface area contributed by atoms with Crippen molar-refractivity contribution in [1.29, 1.82) is 0 Å². The highest BCUT2D eigenvalue weighted by molar-refractivity contribution is 7.21. The molecule has 0 atom stereocenters. The minimum absolute atomic E-state index is 0.0912. The molecule has 0 aliphatic rings. The van der Waals surface area contributed by atoms with Crippen molar-refractivity contribution < 1.29 is 10.2 Å². The van der Waals surface area contributed by atoms with Crippen LogP contribution in [-0.2, 0) is 0 Å². The number of hydrogen-bond acceptors (Lipinski definition) is 5. The van der Waals surface area contributed by atoms with Crippen LogP contribution < -0.4 is 0 Å². The second-order valence-corrected chi connectivity index (χ2v) is 7.12. The molecule has 3 aromatic carbocycles. The first-order valence-corrected chi connectivity index (χ1v) is 9.01. The summed E-state index contributed by atoms with van der Waals surface area (Å²) in [4.78, 5) is 8.86. The van der Waals surface area contributed by atoms with E-state index in [4.69, 9.17) is 11.6 Å². The quantitative estimate of drug-likeness (QED) is 0.443. The molecule has 2 N–H and O–H groups in total. The van der Waals surface area contributed by atoms with Crippen molar-refractivity contribution in [2.45, 2.75) is 0 Å². The second-order valence-electron chi connectivity index (χ2n) is 5.65. The molecular formula is C20H13ClN2O2S. The maximum absolute atomic E-state index is 10.4. The predicted molar refractivity (Wildman–Crippen MR) is 107 cm³/mol. The maximum atomic E-state index is 10.4. The van der Waals surface area contributed by atoms with Gasteiger partial charge in [0.05, 0.1) is 21.5 Å². The monoisotopic (exact) mass is 380 g/mol. The van der Waals surface area contributed by atoms with Gasteiger partial charge in [0, 0.05) is 22.9 Å². The van der Waals surface area contributed by atoms with E-state index in [0.29, 0.717) is 21.8 Å². The van der Waals surface area contributed by atoms with Gasteiger partial charge >= 0.3 is 0 Å². The number of fused-ring (bicyclic) bond motifs is 1. The number of hydrogen-bond donors (Lipinski definition) is 2. The largest absolute Gasteiger partial charge is 0.507 e. The van der Waals surface area contributed by atoms with E-state index in [9.17, 15) is 10.2 Å². The number of thiazole rings is 1. The molecule has 0 radical (unpaired) electrons. The minimum Gasteiger partial charge on any atom is -0.507 e. The van der Waals surface area contributed by atoms with Crippen LogP contribution in [0.3, 0.4) is 0 Å². The zero-order valence-electron chi connectivity index (χ0n) is 13.4. The van der Waals surface area contributed by atoms with Gasteiger partial charge < -0.3 is 10.2 Å². The maximum Gasteiger partial charge on any atom is 0.128 e. The predicted octanol–water partition coefficient (Wildman–Crippen LogP) is 5.78. The van der Waals surface area contributed by atoms with Crippen LogP contribution in [0.15, 0.2) is 65.7 Å². The van der Waals surface area contributed by atoms with Crippen LogP contribution in [0.25, 0.3) is 20.8 Å². The highest BCUT2D eigenvalue weighted by atomic mass is 35.5. The van der Waals surface area contributed by atoms with E-state index in [-0.39, 0.29) is 11.5 Å². The first kappa shape index (κ1) is 16.6. The molecule has 0 spiro atoms. The second kappa shape index (κ2) is 6.78. The summed E-state index contributed by atoms with van der Waals surface area (Å²) < 4.78 is 1.07. The van der Waals surface area contributed by atoms with Gasteiger partial charge in [-0.15, -0.1) is 11.3 Å². The molecule has 0 aliphatic carbocycles. The topological polar surface area (TPSA) is 65.7 Å². The van der Waals surface area contributed by atoms with Gasteiger partial charge in [0.2, 0.25) is 0 Å². The summed E-state index contributed by atoms with van der Waals surface area (Å²) in [7, 11) is 0. The van der Waals surface area contributed by atoms with E-state index in [1.807, 2.05) is 24.3 Å². The Morgan fingerprint density at radius 1 is 0.962 bits per heavy atom. The summed E-state index contributed by atoms with van der Waals surface area (Å²) in [5.74, 6) is 0.197. The minimum atomic E-state index is 0.0912. The number of aromatic hydroxyl groups is 2. The molecule has 26 heavy (non-hydrogen) atoms. The van der Waals surface area contributed by atoms with Crippen molar-refractivity contribution >= 4 is 45.1 Å². The highest BCUT2D eigenvalue weighted by Crippen LogP contribution is 2.37. The average Bonchev–Trinajstić information content (AvgIpc) is 3.06. The lowest BCUT2D eigenvalue weighted by Gasteiger charge is -2.03. The molecule has 0 amide bonds. The average molecular weight is 381 g/mol. The third-order valence-corrected chi connectivity index (χ3v) is 5.15. The van der Waals surface area contributed by atoms with E-state index in [1.54, 1.807) is 30.3 Å². The molecule has 0 unspecified atom stereocenters. The van der Waals surface area contributed by atoms with Gasteiger partial charge in [0.15, 0.2) is 0 Å². The van der Waals surface area contributed by atoms with Crippen molar-refractivity contribution in [3.8, 4) is 22.1 Å². The van der Waals surface area contributed by atoms with Crippen LogP contribution >= 0.6 is 22.9 Å². The third kappa shape index (κ3) is 3.27. The Labute approximate surface area is 158 Å². The third-order valence-electron chi connectivity index (χ3n) is 3.85. The molecule has 0 saturated carbocycles. The van der Waals surface area contributed by atoms with Crippen LogP contribution in [-0.4, -0.2) is 21.4 Å². The number of phenolic OH excluding ortho intramolecular Hbond substituents is 2. The van der Waals surface area contributed by atoms with Crippen molar-refractivity contribution in [2.24, 2.45) is 4.99 Å². The van der Waals surface area contributed by atoms with Crippen molar-refractivity contribution in [2.75, 3.05) is 0 Å². The van der Waals surface area contributed by atoms with Crippen molar-refractivity contribution in [3.05, 3.63) is 71.2 Å². The molecule has 4 rings (SSSR count). The van der Waals surface area contributed by atoms with E-state index in [0.717, 1.165) is 15.2 Å². The normalized spacial score (nSPS) is 11.4. The summed E-state index contributed by atoms with van der Waals surface area (Å²) in [5.41, 5.74) is 2.64. The molecule has 6 heteroatoms. The highest BCUT2D eigenvalue weighted by Gasteiger charge is 2.10. The van der Waals surface area contributed by atoms with Gasteiger partial charge in [-0.05, 0) is 42.5 Å². The Bertz CT molecular complexity index is 1100. The fourth-order valence-corrected chi connectivity index (χ4v) is 3.72. The smallest absolute Gasteiger partial charge is 0.128 e. The van der Waals surface area contributed by atoms with Crippen LogP contribution in [0.2, 0.25) is 5.02 Å². The summed E-state index contributed by atoms with van der Waals surface area (Å²) in [6.45, 7) is 0. The Morgan fingerprint density at radius 2 is 1.81 bits per heavy atom. The fourth-order valence-electron chi connectivity index (χ4n) is 2.54. The standard InChI is InChI=1S/C20H13ClN2O2S/c21-13-5-8-17(24)12(9-13)11-22-14-6-7-15(18(25)10-14)20-23-16-3-1-2-4-19(16)26-20/h1-11,24-25H. The van der Waals surface area contributed by atoms with Gasteiger partial charge in [-0.2, -0.15) is 0 Å². The lowest BCUT2D eigenvalue weighted by molar-refractivity contribution is 0.474. The summed E-state index contributed by atoms with van der Waals surface area (Å²) in [6.07, 6.45) is 1.51. The Morgan fingerprint density at radius 3 is 2.62 bits per heavy atom. The van der Waals surface area contributed by atoms with Gasteiger partial charge in [-0.3, -0.25) is 4.99 Å². The molecule has 1 heterocycles. The molecule has 128 valence electrons. The number of nitrogens with zero attached hydrogens (tertiary/aromatic N) is 2. The summed E-state index contributed by atoms with van der Waals surface area (Å²) in [6, 6.07) is 17.7. The zero-order chi connectivity index (χ0) is 18.1. The number of benzene rings is 3. The molecule has 0 bridgehead atoms. The van der Waals surface area contributed by atoms with E-state index >= 15 is 0 Å². The zero-order valence-corrected chi connectivity index (χ0v) is 15.0. The molecule has 0 saturated heterocycles. The van der Waals surface area contributed by atoms with E-state index < -0.39 is 0 Å². The number of halogens is 1. The Kier molecular flexibility index (Phi) is 4.32. The summed E-state index contributed by atoms with van der Waals surface area (Å²) in [5, 5.41) is 21.5. The lowest BCUT2D eigenvalue weighted by atomic mass is 10.2. The van der Waals surface area contributed by atoms with E-state index in [2.05, 4.69) is 9.98 Å². The Balaban J connectivity index is 1.65. The molecule has 1 aromatic heterocycles. The van der Waals surface area contributed by atoms with Crippen LogP contribution in [0.1, 0.15) is 5.56 Å². The van der Waals surface area contributed by atoms with Crippen molar-refractivity contribution in [3.63, 3.8) is 0 Å². The van der Waals surface area contributed by atoms with Gasteiger partial charge in [-0.25, -0.2) is 4.98 Å². The lowest BCUT2D eigenvalue weighted by Crippen LogP contribution is -1.82. The number of phenols is 2. The number of aliphatic imine (C=N–C) groups is 1. The Hall–Kier alpha value is -2.89. The summed E-state index contributed by atoms with van der Waals surface area (Å²) >= 11 is 7.45. The molecule has 4 nitrogen and oxygen atoms in total. The van der Waals surface area contributed by atoms with Crippen molar-refractivity contribution in [1.82, 2.24) is 4.98 Å².